The third-order valence-electron chi connectivity index (χ3n) is 1.12. The van der Waals surface area contributed by atoms with Crippen molar-refractivity contribution in [3.8, 4) is 6.07 Å². The molecule has 5 nitrogen and oxygen atoms in total. The Bertz CT molecular complexity index is 292. The summed E-state index contributed by atoms with van der Waals surface area (Å²) < 4.78 is 0. The van der Waals surface area contributed by atoms with Crippen LogP contribution in [0.4, 0.5) is 0 Å². The van der Waals surface area contributed by atoms with Crippen molar-refractivity contribution in [2.45, 2.75) is 23.9 Å². The second-order valence-electron chi connectivity index (χ2n) is 2.11. The molecule has 0 amide bonds. The predicted molar refractivity (Wildman–Crippen MR) is 43.2 cm³/mol. The highest BCUT2D eigenvalue weighted by molar-refractivity contribution is 7.99. The van der Waals surface area contributed by atoms with Crippen LogP contribution in [0.2, 0.25) is 0 Å². The zero-order valence-corrected chi connectivity index (χ0v) is 7.30. The molecule has 1 rings (SSSR count). The van der Waals surface area contributed by atoms with E-state index in [1.54, 1.807) is 6.92 Å². The van der Waals surface area contributed by atoms with Crippen molar-refractivity contribution in [3.63, 3.8) is 0 Å². The van der Waals surface area contributed by atoms with E-state index < -0.39 is 0 Å². The molecular weight excluding hydrogens is 176 g/mol. The molecule has 1 heterocycles. The highest BCUT2D eigenvalue weighted by Gasteiger charge is 2.07. The molecule has 0 aliphatic heterocycles. The lowest BCUT2D eigenvalue weighted by atomic mass is 10.5. The molecule has 2 N–H and O–H groups in total. The molecular formula is C6H8N4OS. The van der Waals surface area contributed by atoms with Crippen molar-refractivity contribution in [3.05, 3.63) is 5.82 Å². The summed E-state index contributed by atoms with van der Waals surface area (Å²) in [6, 6.07) is 2.05. The maximum absolute atomic E-state index is 8.63. The first-order valence-electron chi connectivity index (χ1n) is 3.34. The van der Waals surface area contributed by atoms with Crippen LogP contribution in [-0.4, -0.2) is 25.5 Å². The Morgan fingerprint density at radius 2 is 2.58 bits per heavy atom. The SMILES string of the molecule is CC(C#N)Sc1n[nH]c(CO)n1. The van der Waals surface area contributed by atoms with E-state index in [0.29, 0.717) is 11.0 Å². The smallest absolute Gasteiger partial charge is 0.209 e. The van der Waals surface area contributed by atoms with Crippen LogP contribution >= 0.6 is 11.8 Å². The summed E-state index contributed by atoms with van der Waals surface area (Å²) in [7, 11) is 0. The number of nitriles is 1. The molecule has 12 heavy (non-hydrogen) atoms. The Labute approximate surface area is 73.8 Å². The minimum absolute atomic E-state index is 0.158. The number of thioether (sulfide) groups is 1. The Morgan fingerprint density at radius 3 is 3.08 bits per heavy atom. The normalized spacial score (nSPS) is 12.4. The van der Waals surface area contributed by atoms with Gasteiger partial charge in [0.15, 0.2) is 5.82 Å². The number of aromatic nitrogens is 3. The first-order valence-corrected chi connectivity index (χ1v) is 4.22. The summed E-state index contributed by atoms with van der Waals surface area (Å²) in [6.45, 7) is 1.61. The zero-order chi connectivity index (χ0) is 8.97. The van der Waals surface area contributed by atoms with Gasteiger partial charge in [-0.3, -0.25) is 5.10 Å². The lowest BCUT2D eigenvalue weighted by molar-refractivity contribution is 0.271. The molecule has 0 aliphatic carbocycles. The molecule has 0 aromatic carbocycles. The largest absolute Gasteiger partial charge is 0.388 e. The molecule has 0 aliphatic rings. The Balaban J connectivity index is 2.59. The van der Waals surface area contributed by atoms with Gasteiger partial charge < -0.3 is 5.11 Å². The van der Waals surface area contributed by atoms with Gasteiger partial charge in [-0.15, -0.1) is 5.10 Å². The molecule has 0 spiro atoms. The number of aromatic amines is 1. The van der Waals surface area contributed by atoms with E-state index in [1.807, 2.05) is 6.07 Å². The lowest BCUT2D eigenvalue weighted by Crippen LogP contribution is -1.90. The summed E-state index contributed by atoms with van der Waals surface area (Å²) in [5, 5.41) is 23.8. The van der Waals surface area contributed by atoms with E-state index >= 15 is 0 Å². The zero-order valence-electron chi connectivity index (χ0n) is 6.48. The third kappa shape index (κ3) is 2.22. The second-order valence-corrected chi connectivity index (χ2v) is 3.42. The van der Waals surface area contributed by atoms with Gasteiger partial charge in [-0.2, -0.15) is 5.26 Å². The van der Waals surface area contributed by atoms with Crippen molar-refractivity contribution in [2.75, 3.05) is 0 Å². The van der Waals surface area contributed by atoms with Crippen molar-refractivity contribution >= 4 is 11.8 Å². The Hall–Kier alpha value is -1.06. The summed E-state index contributed by atoms with van der Waals surface area (Å²) in [5.74, 6) is 0.419. The minimum atomic E-state index is -0.174. The van der Waals surface area contributed by atoms with Crippen molar-refractivity contribution < 1.29 is 5.11 Å². The number of aliphatic hydroxyl groups is 1. The van der Waals surface area contributed by atoms with Crippen LogP contribution < -0.4 is 0 Å². The molecule has 1 aromatic rings. The van der Waals surface area contributed by atoms with Gasteiger partial charge in [0.25, 0.3) is 0 Å². The number of aliphatic hydroxyl groups excluding tert-OH is 1. The molecule has 0 radical (unpaired) electrons. The highest BCUT2D eigenvalue weighted by atomic mass is 32.2. The third-order valence-corrected chi connectivity index (χ3v) is 1.98. The van der Waals surface area contributed by atoms with E-state index in [9.17, 15) is 0 Å². The quantitative estimate of drug-likeness (QED) is 0.660. The van der Waals surface area contributed by atoms with Crippen LogP contribution in [0.1, 0.15) is 12.7 Å². The van der Waals surface area contributed by atoms with Crippen molar-refractivity contribution in [1.29, 1.82) is 5.26 Å². The van der Waals surface area contributed by atoms with Gasteiger partial charge in [0, 0.05) is 0 Å². The molecule has 1 aromatic heterocycles. The lowest BCUT2D eigenvalue weighted by Gasteiger charge is -1.93. The maximum atomic E-state index is 8.63. The van der Waals surface area contributed by atoms with Gasteiger partial charge in [0.05, 0.1) is 11.3 Å². The highest BCUT2D eigenvalue weighted by Crippen LogP contribution is 2.17. The Kier molecular flexibility index (Phi) is 3.08. The summed E-state index contributed by atoms with van der Waals surface area (Å²) in [6.07, 6.45) is 0. The Morgan fingerprint density at radius 1 is 1.83 bits per heavy atom. The topological polar surface area (TPSA) is 85.6 Å². The fourth-order valence-corrected chi connectivity index (χ4v) is 1.22. The van der Waals surface area contributed by atoms with Gasteiger partial charge in [-0.05, 0) is 6.92 Å². The van der Waals surface area contributed by atoms with Gasteiger partial charge in [0.1, 0.15) is 6.61 Å². The van der Waals surface area contributed by atoms with Gasteiger partial charge in [-0.1, -0.05) is 11.8 Å². The van der Waals surface area contributed by atoms with Crippen LogP contribution in [0.25, 0.3) is 0 Å². The van der Waals surface area contributed by atoms with Crippen molar-refractivity contribution in [2.24, 2.45) is 0 Å². The molecule has 0 saturated carbocycles. The molecule has 1 atom stereocenters. The van der Waals surface area contributed by atoms with Crippen LogP contribution in [0.15, 0.2) is 5.16 Å². The van der Waals surface area contributed by atoms with Crippen LogP contribution in [0.3, 0.4) is 0 Å². The first kappa shape index (κ1) is 9.03. The number of hydrogen-bond acceptors (Lipinski definition) is 5. The number of hydrogen-bond donors (Lipinski definition) is 2. The molecule has 0 fully saturated rings. The van der Waals surface area contributed by atoms with E-state index in [-0.39, 0.29) is 11.9 Å². The van der Waals surface area contributed by atoms with Gasteiger partial charge >= 0.3 is 0 Å². The average molecular weight is 184 g/mol. The number of nitrogens with zero attached hydrogens (tertiary/aromatic N) is 3. The summed E-state index contributed by atoms with van der Waals surface area (Å²) in [4.78, 5) is 3.91. The molecule has 1 unspecified atom stereocenters. The minimum Gasteiger partial charge on any atom is -0.388 e. The van der Waals surface area contributed by atoms with Crippen LogP contribution in [-0.2, 0) is 6.61 Å². The van der Waals surface area contributed by atoms with Crippen LogP contribution in [0.5, 0.6) is 0 Å². The molecule has 64 valence electrons. The van der Waals surface area contributed by atoms with Crippen LogP contribution in [0, 0.1) is 11.3 Å². The molecule has 6 heteroatoms. The average Bonchev–Trinajstić information content (AvgIpc) is 2.52. The van der Waals surface area contributed by atoms with Gasteiger partial charge in [-0.25, -0.2) is 4.98 Å². The summed E-state index contributed by atoms with van der Waals surface area (Å²) >= 11 is 1.25. The molecule has 0 bridgehead atoms. The fourth-order valence-electron chi connectivity index (χ4n) is 0.586. The van der Waals surface area contributed by atoms with E-state index in [2.05, 4.69) is 15.2 Å². The van der Waals surface area contributed by atoms with Crippen molar-refractivity contribution in [1.82, 2.24) is 15.2 Å². The number of rotatable bonds is 3. The van der Waals surface area contributed by atoms with E-state index in [0.717, 1.165) is 0 Å². The number of H-pyrrole nitrogens is 1. The summed E-state index contributed by atoms with van der Waals surface area (Å²) in [5.41, 5.74) is 0. The van der Waals surface area contributed by atoms with E-state index in [1.165, 1.54) is 11.8 Å². The number of nitrogens with one attached hydrogen (secondary N) is 1. The fraction of sp³-hybridized carbons (Fsp3) is 0.500. The maximum Gasteiger partial charge on any atom is 0.209 e. The monoisotopic (exact) mass is 184 g/mol. The standard InChI is InChI=1S/C6H8N4OS/c1-4(2-7)12-6-8-5(3-11)9-10-6/h4,11H,3H2,1H3,(H,8,9,10). The van der Waals surface area contributed by atoms with E-state index in [4.69, 9.17) is 10.4 Å². The predicted octanol–water partition coefficient (Wildman–Crippen LogP) is 0.301. The first-order chi connectivity index (χ1) is 5.76. The van der Waals surface area contributed by atoms with Gasteiger partial charge in [0.2, 0.25) is 5.16 Å². The molecule has 0 saturated heterocycles. The second kappa shape index (κ2) is 4.09.